The van der Waals surface area contributed by atoms with Crippen molar-refractivity contribution in [3.63, 3.8) is 0 Å². The predicted molar refractivity (Wildman–Crippen MR) is 70.7 cm³/mol. The molecule has 0 saturated carbocycles. The van der Waals surface area contributed by atoms with Crippen LogP contribution in [0.15, 0.2) is 42.7 Å². The number of aryl methyl sites for hydroxylation is 1. The summed E-state index contributed by atoms with van der Waals surface area (Å²) in [6.45, 7) is 0. The van der Waals surface area contributed by atoms with Gasteiger partial charge in [-0.05, 0) is 23.8 Å². The molecule has 1 amide bonds. The van der Waals surface area contributed by atoms with Gasteiger partial charge in [0, 0.05) is 19.4 Å². The average molecular weight is 244 g/mol. The van der Waals surface area contributed by atoms with Gasteiger partial charge in [0.15, 0.2) is 0 Å². The number of carbonyl (C=O) groups excluding carboxylic acids is 1. The van der Waals surface area contributed by atoms with Crippen molar-refractivity contribution < 1.29 is 9.53 Å². The highest BCUT2D eigenvalue weighted by molar-refractivity contribution is 5.93. The summed E-state index contributed by atoms with van der Waals surface area (Å²) < 4.78 is 7.10. The highest BCUT2D eigenvalue weighted by atomic mass is 16.5. The van der Waals surface area contributed by atoms with Crippen molar-refractivity contribution in [1.29, 1.82) is 0 Å². The van der Waals surface area contributed by atoms with Gasteiger partial charge in [-0.3, -0.25) is 4.79 Å². The van der Waals surface area contributed by atoms with E-state index in [1.54, 1.807) is 7.11 Å². The van der Waals surface area contributed by atoms with Gasteiger partial charge in [0.25, 0.3) is 0 Å². The van der Waals surface area contributed by atoms with Crippen molar-refractivity contribution in [1.82, 2.24) is 4.57 Å². The smallest absolute Gasteiger partial charge is 0.228 e. The summed E-state index contributed by atoms with van der Waals surface area (Å²) in [5.74, 6) is 0.615. The van der Waals surface area contributed by atoms with Crippen LogP contribution in [0.3, 0.4) is 0 Å². The van der Waals surface area contributed by atoms with E-state index in [1.165, 1.54) is 0 Å². The summed E-state index contributed by atoms with van der Waals surface area (Å²) in [6.07, 6.45) is 4.21. The Morgan fingerprint density at radius 1 is 1.33 bits per heavy atom. The minimum Gasteiger partial charge on any atom is -0.495 e. The number of aromatic nitrogens is 1. The zero-order valence-corrected chi connectivity index (χ0v) is 10.5. The van der Waals surface area contributed by atoms with Gasteiger partial charge >= 0.3 is 0 Å². The van der Waals surface area contributed by atoms with Gasteiger partial charge in [-0.2, -0.15) is 0 Å². The molecule has 0 radical (unpaired) electrons. The zero-order chi connectivity index (χ0) is 13.0. The molecule has 2 aromatic rings. The van der Waals surface area contributed by atoms with E-state index in [1.807, 2.05) is 54.3 Å². The highest BCUT2D eigenvalue weighted by Gasteiger charge is 2.08. The van der Waals surface area contributed by atoms with Crippen LogP contribution in [0, 0.1) is 0 Å². The molecular weight excluding hydrogens is 228 g/mol. The zero-order valence-electron chi connectivity index (χ0n) is 10.5. The van der Waals surface area contributed by atoms with Gasteiger partial charge in [-0.1, -0.05) is 12.1 Å². The molecule has 0 aliphatic heterocycles. The SMILES string of the molecule is COc1ccccc1NC(=O)Cc1ccn(C)c1. The Morgan fingerprint density at radius 3 is 2.78 bits per heavy atom. The summed E-state index contributed by atoms with van der Waals surface area (Å²) in [5.41, 5.74) is 1.69. The molecule has 0 spiro atoms. The van der Waals surface area contributed by atoms with E-state index in [0.29, 0.717) is 17.9 Å². The Balaban J connectivity index is 2.03. The first kappa shape index (κ1) is 12.2. The Hall–Kier alpha value is -2.23. The topological polar surface area (TPSA) is 43.3 Å². The van der Waals surface area contributed by atoms with E-state index in [-0.39, 0.29) is 5.91 Å². The third kappa shape index (κ3) is 2.91. The maximum atomic E-state index is 11.9. The first-order chi connectivity index (χ1) is 8.69. The molecule has 0 unspecified atom stereocenters. The second kappa shape index (κ2) is 5.40. The third-order valence-electron chi connectivity index (χ3n) is 2.64. The minimum atomic E-state index is -0.0503. The van der Waals surface area contributed by atoms with Gasteiger partial charge in [-0.15, -0.1) is 0 Å². The van der Waals surface area contributed by atoms with E-state index < -0.39 is 0 Å². The molecule has 1 aromatic heterocycles. The van der Waals surface area contributed by atoms with Gasteiger partial charge in [-0.25, -0.2) is 0 Å². The van der Waals surface area contributed by atoms with Crippen LogP contribution in [0.2, 0.25) is 0 Å². The summed E-state index contributed by atoms with van der Waals surface area (Å²) in [4.78, 5) is 11.9. The lowest BCUT2D eigenvalue weighted by molar-refractivity contribution is -0.115. The van der Waals surface area contributed by atoms with Crippen LogP contribution in [0.4, 0.5) is 5.69 Å². The molecule has 0 saturated heterocycles. The molecule has 0 atom stereocenters. The fraction of sp³-hybridized carbons (Fsp3) is 0.214. The number of benzene rings is 1. The fourth-order valence-electron chi connectivity index (χ4n) is 1.79. The lowest BCUT2D eigenvalue weighted by atomic mass is 10.2. The van der Waals surface area contributed by atoms with Crippen LogP contribution in [-0.4, -0.2) is 17.6 Å². The lowest BCUT2D eigenvalue weighted by Crippen LogP contribution is -2.14. The van der Waals surface area contributed by atoms with E-state index in [2.05, 4.69) is 5.32 Å². The van der Waals surface area contributed by atoms with Crippen LogP contribution in [0.5, 0.6) is 5.75 Å². The number of anilines is 1. The summed E-state index contributed by atoms with van der Waals surface area (Å²) in [5, 5.41) is 2.85. The van der Waals surface area contributed by atoms with Crippen LogP contribution in [0.25, 0.3) is 0 Å². The van der Waals surface area contributed by atoms with E-state index in [9.17, 15) is 4.79 Å². The average Bonchev–Trinajstić information content (AvgIpc) is 2.75. The molecule has 0 bridgehead atoms. The molecule has 2 rings (SSSR count). The number of nitrogens with one attached hydrogen (secondary N) is 1. The monoisotopic (exact) mass is 244 g/mol. The van der Waals surface area contributed by atoms with Crippen molar-refractivity contribution in [2.24, 2.45) is 7.05 Å². The fourth-order valence-corrected chi connectivity index (χ4v) is 1.79. The van der Waals surface area contributed by atoms with Crippen molar-refractivity contribution in [3.8, 4) is 5.75 Å². The normalized spacial score (nSPS) is 10.1. The molecule has 0 fully saturated rings. The van der Waals surface area contributed by atoms with Gasteiger partial charge < -0.3 is 14.6 Å². The lowest BCUT2D eigenvalue weighted by Gasteiger charge is -2.09. The molecule has 0 aliphatic carbocycles. The van der Waals surface area contributed by atoms with E-state index in [4.69, 9.17) is 4.74 Å². The number of rotatable bonds is 4. The van der Waals surface area contributed by atoms with Crippen LogP contribution in [-0.2, 0) is 18.3 Å². The standard InChI is InChI=1S/C14H16N2O2/c1-16-8-7-11(10-16)9-14(17)15-12-5-3-4-6-13(12)18-2/h3-8,10H,9H2,1-2H3,(H,15,17). The third-order valence-corrected chi connectivity index (χ3v) is 2.64. The molecule has 1 aromatic carbocycles. The van der Waals surface area contributed by atoms with Crippen molar-refractivity contribution in [3.05, 3.63) is 48.3 Å². The van der Waals surface area contributed by atoms with Crippen molar-refractivity contribution in [2.45, 2.75) is 6.42 Å². The predicted octanol–water partition coefficient (Wildman–Crippen LogP) is 2.21. The minimum absolute atomic E-state index is 0.0503. The number of para-hydroxylation sites is 2. The van der Waals surface area contributed by atoms with Crippen LogP contribution in [0.1, 0.15) is 5.56 Å². The summed E-state index contributed by atoms with van der Waals surface area (Å²) in [7, 11) is 3.52. The van der Waals surface area contributed by atoms with Crippen LogP contribution < -0.4 is 10.1 Å². The van der Waals surface area contributed by atoms with Crippen molar-refractivity contribution in [2.75, 3.05) is 12.4 Å². The quantitative estimate of drug-likeness (QED) is 0.896. The summed E-state index contributed by atoms with van der Waals surface area (Å²) >= 11 is 0. The number of carbonyl (C=O) groups is 1. The number of hydrogen-bond donors (Lipinski definition) is 1. The Kier molecular flexibility index (Phi) is 3.67. The van der Waals surface area contributed by atoms with Crippen molar-refractivity contribution >= 4 is 11.6 Å². The molecule has 4 heteroatoms. The summed E-state index contributed by atoms with van der Waals surface area (Å²) in [6, 6.07) is 9.30. The first-order valence-corrected chi connectivity index (χ1v) is 5.73. The van der Waals surface area contributed by atoms with Crippen LogP contribution >= 0.6 is 0 Å². The molecule has 18 heavy (non-hydrogen) atoms. The Labute approximate surface area is 106 Å². The Morgan fingerprint density at radius 2 is 2.11 bits per heavy atom. The van der Waals surface area contributed by atoms with Gasteiger partial charge in [0.1, 0.15) is 5.75 Å². The first-order valence-electron chi connectivity index (χ1n) is 5.73. The van der Waals surface area contributed by atoms with E-state index in [0.717, 1.165) is 5.56 Å². The molecule has 4 nitrogen and oxygen atoms in total. The second-order valence-electron chi connectivity index (χ2n) is 4.11. The van der Waals surface area contributed by atoms with Gasteiger partial charge in [0.2, 0.25) is 5.91 Å². The number of methoxy groups -OCH3 is 1. The molecule has 94 valence electrons. The maximum absolute atomic E-state index is 11.9. The molecule has 1 N–H and O–H groups in total. The largest absolute Gasteiger partial charge is 0.495 e. The molecule has 1 heterocycles. The number of amides is 1. The maximum Gasteiger partial charge on any atom is 0.228 e. The highest BCUT2D eigenvalue weighted by Crippen LogP contribution is 2.23. The number of ether oxygens (including phenoxy) is 1. The van der Waals surface area contributed by atoms with Gasteiger partial charge in [0.05, 0.1) is 19.2 Å². The number of hydrogen-bond acceptors (Lipinski definition) is 2. The molecule has 0 aliphatic rings. The molecular formula is C14H16N2O2. The van der Waals surface area contributed by atoms with E-state index >= 15 is 0 Å². The Bertz CT molecular complexity index is 546. The second-order valence-corrected chi connectivity index (χ2v) is 4.11. The number of nitrogens with zero attached hydrogens (tertiary/aromatic N) is 1.